The smallest absolute Gasteiger partial charge is 0.193 e. The van der Waals surface area contributed by atoms with Gasteiger partial charge in [0.15, 0.2) is 5.96 Å². The number of nitrogens with zero attached hydrogens (tertiary/aromatic N) is 1. The number of hydrogen-bond acceptors (Lipinski definition) is 1. The molecular weight excluding hydrogens is 265 g/mol. The highest BCUT2D eigenvalue weighted by Gasteiger charge is 2.10. The Morgan fingerprint density at radius 3 is 2.86 bits per heavy atom. The van der Waals surface area contributed by atoms with Crippen molar-refractivity contribution in [3.8, 4) is 0 Å². The van der Waals surface area contributed by atoms with Crippen LogP contribution in [0.3, 0.4) is 0 Å². The van der Waals surface area contributed by atoms with Gasteiger partial charge < -0.3 is 11.1 Å². The molecular formula is C17H18FN3. The van der Waals surface area contributed by atoms with Crippen molar-refractivity contribution in [1.82, 2.24) is 0 Å². The van der Waals surface area contributed by atoms with Crippen molar-refractivity contribution in [1.29, 1.82) is 0 Å². The van der Waals surface area contributed by atoms with E-state index in [1.165, 1.54) is 36.1 Å². The maximum absolute atomic E-state index is 13.1. The number of anilines is 1. The van der Waals surface area contributed by atoms with Crippen molar-refractivity contribution in [2.75, 3.05) is 5.32 Å². The molecule has 2 aromatic carbocycles. The third kappa shape index (κ3) is 3.40. The van der Waals surface area contributed by atoms with Crippen LogP contribution in [0.15, 0.2) is 47.5 Å². The van der Waals surface area contributed by atoms with Gasteiger partial charge in [-0.05, 0) is 60.2 Å². The molecule has 0 spiro atoms. The summed E-state index contributed by atoms with van der Waals surface area (Å²) in [6.45, 7) is 0.363. The zero-order valence-corrected chi connectivity index (χ0v) is 11.8. The van der Waals surface area contributed by atoms with Crippen LogP contribution in [0.2, 0.25) is 0 Å². The highest BCUT2D eigenvalue weighted by Crippen LogP contribution is 2.24. The number of benzene rings is 2. The largest absolute Gasteiger partial charge is 0.370 e. The molecule has 0 saturated carbocycles. The Morgan fingerprint density at radius 1 is 1.14 bits per heavy atom. The van der Waals surface area contributed by atoms with Gasteiger partial charge in [0, 0.05) is 5.69 Å². The zero-order valence-electron chi connectivity index (χ0n) is 11.8. The number of nitrogens with two attached hydrogens (primary N) is 1. The quantitative estimate of drug-likeness (QED) is 0.671. The first-order valence-electron chi connectivity index (χ1n) is 7.14. The van der Waals surface area contributed by atoms with Crippen molar-refractivity contribution >= 4 is 11.6 Å². The zero-order chi connectivity index (χ0) is 14.7. The molecule has 0 amide bonds. The van der Waals surface area contributed by atoms with Gasteiger partial charge in [-0.1, -0.05) is 18.2 Å². The first-order valence-corrected chi connectivity index (χ1v) is 7.14. The summed E-state index contributed by atoms with van der Waals surface area (Å²) in [5.74, 6) is 0.0880. The molecule has 4 heteroatoms. The van der Waals surface area contributed by atoms with E-state index < -0.39 is 0 Å². The van der Waals surface area contributed by atoms with Crippen LogP contribution in [-0.2, 0) is 19.4 Å². The maximum atomic E-state index is 13.1. The second-order valence-corrected chi connectivity index (χ2v) is 5.29. The van der Waals surface area contributed by atoms with Gasteiger partial charge in [-0.25, -0.2) is 9.38 Å². The minimum Gasteiger partial charge on any atom is -0.370 e. The number of hydrogen-bond donors (Lipinski definition) is 2. The lowest BCUT2D eigenvalue weighted by Crippen LogP contribution is -2.22. The molecule has 1 aliphatic rings. The van der Waals surface area contributed by atoms with E-state index in [0.29, 0.717) is 12.5 Å². The van der Waals surface area contributed by atoms with Crippen molar-refractivity contribution in [3.63, 3.8) is 0 Å². The summed E-state index contributed by atoms with van der Waals surface area (Å²) in [5.41, 5.74) is 10.5. The van der Waals surface area contributed by atoms with E-state index in [-0.39, 0.29) is 5.82 Å². The molecule has 0 bridgehead atoms. The van der Waals surface area contributed by atoms with Crippen molar-refractivity contribution < 1.29 is 4.39 Å². The Kier molecular flexibility index (Phi) is 3.86. The van der Waals surface area contributed by atoms with Crippen LogP contribution in [0.5, 0.6) is 0 Å². The lowest BCUT2D eigenvalue weighted by molar-refractivity contribution is 0.625. The molecule has 0 fully saturated rings. The summed E-state index contributed by atoms with van der Waals surface area (Å²) in [6.07, 6.45) is 3.52. The minimum atomic E-state index is -0.257. The molecule has 3 rings (SSSR count). The fraction of sp³-hybridized carbons (Fsp3) is 0.235. The number of halogens is 1. The van der Waals surface area contributed by atoms with Crippen molar-refractivity contribution in [2.24, 2.45) is 10.7 Å². The van der Waals surface area contributed by atoms with Gasteiger partial charge >= 0.3 is 0 Å². The summed E-state index contributed by atoms with van der Waals surface area (Å²) < 4.78 is 13.1. The second kappa shape index (κ2) is 5.95. The van der Waals surface area contributed by atoms with Gasteiger partial charge in [-0.2, -0.15) is 0 Å². The van der Waals surface area contributed by atoms with Gasteiger partial charge in [0.25, 0.3) is 0 Å². The molecule has 0 atom stereocenters. The van der Waals surface area contributed by atoms with Crippen molar-refractivity contribution in [2.45, 2.75) is 25.8 Å². The first-order chi connectivity index (χ1) is 10.2. The highest BCUT2D eigenvalue weighted by atomic mass is 19.1. The van der Waals surface area contributed by atoms with Crippen LogP contribution < -0.4 is 11.1 Å². The van der Waals surface area contributed by atoms with E-state index in [2.05, 4.69) is 22.4 Å². The van der Waals surface area contributed by atoms with E-state index in [4.69, 9.17) is 5.73 Å². The van der Waals surface area contributed by atoms with Gasteiger partial charge in [-0.15, -0.1) is 0 Å². The summed E-state index contributed by atoms with van der Waals surface area (Å²) in [5, 5.41) is 3.09. The molecule has 0 heterocycles. The molecule has 0 radical (unpaired) electrons. The summed E-state index contributed by atoms with van der Waals surface area (Å²) >= 11 is 0. The minimum absolute atomic E-state index is 0.257. The first kappa shape index (κ1) is 13.6. The highest BCUT2D eigenvalue weighted by molar-refractivity contribution is 5.92. The standard InChI is InChI=1S/C17H18FN3/c18-15-6-1-3-12(9-15)11-20-17(19)21-16-8-7-13-4-2-5-14(13)10-16/h1,3,6-10H,2,4-5,11H2,(H3,19,20,21). The van der Waals surface area contributed by atoms with E-state index in [1.807, 2.05) is 12.1 Å². The molecule has 3 nitrogen and oxygen atoms in total. The fourth-order valence-corrected chi connectivity index (χ4v) is 2.65. The number of nitrogens with one attached hydrogen (secondary N) is 1. The normalized spacial score (nSPS) is 14.0. The molecule has 21 heavy (non-hydrogen) atoms. The molecule has 0 aliphatic heterocycles. The molecule has 108 valence electrons. The molecule has 2 aromatic rings. The van der Waals surface area contributed by atoms with Gasteiger partial charge in [-0.3, -0.25) is 0 Å². The molecule has 0 aromatic heterocycles. The summed E-state index contributed by atoms with van der Waals surface area (Å²) in [4.78, 5) is 4.24. The molecule has 0 saturated heterocycles. The van der Waals surface area contributed by atoms with Crippen LogP contribution >= 0.6 is 0 Å². The van der Waals surface area contributed by atoms with Crippen LogP contribution in [-0.4, -0.2) is 5.96 Å². The average Bonchev–Trinajstić information content (AvgIpc) is 2.93. The van der Waals surface area contributed by atoms with E-state index in [9.17, 15) is 4.39 Å². The average molecular weight is 283 g/mol. The summed E-state index contributed by atoms with van der Waals surface area (Å²) in [6, 6.07) is 12.7. The van der Waals surface area contributed by atoms with Crippen LogP contribution in [0.1, 0.15) is 23.1 Å². The maximum Gasteiger partial charge on any atom is 0.193 e. The Balaban J connectivity index is 1.65. The molecule has 0 unspecified atom stereocenters. The van der Waals surface area contributed by atoms with E-state index >= 15 is 0 Å². The van der Waals surface area contributed by atoms with Gasteiger partial charge in [0.2, 0.25) is 0 Å². The van der Waals surface area contributed by atoms with Crippen LogP contribution in [0.4, 0.5) is 10.1 Å². The number of rotatable bonds is 3. The van der Waals surface area contributed by atoms with Crippen LogP contribution in [0.25, 0.3) is 0 Å². The third-order valence-electron chi connectivity index (χ3n) is 3.69. The van der Waals surface area contributed by atoms with Gasteiger partial charge in [0.1, 0.15) is 5.82 Å². The molecule has 1 aliphatic carbocycles. The summed E-state index contributed by atoms with van der Waals surface area (Å²) in [7, 11) is 0. The topological polar surface area (TPSA) is 50.4 Å². The lowest BCUT2D eigenvalue weighted by atomic mass is 10.1. The van der Waals surface area contributed by atoms with Crippen molar-refractivity contribution in [3.05, 3.63) is 65.0 Å². The SMILES string of the molecule is NC(=NCc1cccc(F)c1)Nc1ccc2c(c1)CCC2. The molecule has 3 N–H and O–H groups in total. The Bertz CT molecular complexity index is 679. The van der Waals surface area contributed by atoms with Crippen LogP contribution in [0, 0.1) is 5.82 Å². The van der Waals surface area contributed by atoms with Gasteiger partial charge in [0.05, 0.1) is 6.54 Å². The Morgan fingerprint density at radius 2 is 2.00 bits per heavy atom. The lowest BCUT2D eigenvalue weighted by Gasteiger charge is -2.08. The monoisotopic (exact) mass is 283 g/mol. The second-order valence-electron chi connectivity index (χ2n) is 5.29. The number of guanidine groups is 1. The number of aliphatic imine (C=N–C) groups is 1. The number of aryl methyl sites for hydroxylation is 2. The van der Waals surface area contributed by atoms with E-state index in [1.54, 1.807) is 6.07 Å². The third-order valence-corrected chi connectivity index (χ3v) is 3.69. The predicted molar refractivity (Wildman–Crippen MR) is 83.8 cm³/mol. The number of fused-ring (bicyclic) bond motifs is 1. The Hall–Kier alpha value is -2.36. The fourth-order valence-electron chi connectivity index (χ4n) is 2.65. The van der Waals surface area contributed by atoms with E-state index in [0.717, 1.165) is 17.7 Å². The Labute approximate surface area is 123 Å². The predicted octanol–water partition coefficient (Wildman–Crippen LogP) is 3.24.